The van der Waals surface area contributed by atoms with Crippen LogP contribution in [0, 0.1) is 0 Å². The second-order valence-corrected chi connectivity index (χ2v) is 5.09. The Labute approximate surface area is 131 Å². The molecule has 7 nitrogen and oxygen atoms in total. The average Bonchev–Trinajstić information content (AvgIpc) is 2.50. The molecule has 0 fully saturated rings. The summed E-state index contributed by atoms with van der Waals surface area (Å²) in [5.41, 5.74) is 0.523. The fourth-order valence-electron chi connectivity index (χ4n) is 2.17. The van der Waals surface area contributed by atoms with Crippen molar-refractivity contribution in [2.75, 3.05) is 0 Å². The summed E-state index contributed by atoms with van der Waals surface area (Å²) in [6.07, 6.45) is -0.523. The van der Waals surface area contributed by atoms with E-state index in [1.165, 1.54) is 18.2 Å². The number of phenolic OH excluding ortho intramolecular Hbond substituents is 1. The predicted octanol–water partition coefficient (Wildman–Crippen LogP) is 0.454. The number of carboxylic acid groups (broad SMARTS) is 1. The third kappa shape index (κ3) is 4.41. The SMILES string of the molecule is O=C(/C=C/c1ccc(O)cc1)O[C@@H]1[C@H](O)C=C(C(=O)O)C[C@H]1O. The van der Waals surface area contributed by atoms with Gasteiger partial charge in [0.2, 0.25) is 0 Å². The topological polar surface area (TPSA) is 124 Å². The second-order valence-electron chi connectivity index (χ2n) is 5.09. The third-order valence-electron chi connectivity index (χ3n) is 3.35. The quantitative estimate of drug-likeness (QED) is 0.469. The standard InChI is InChI=1S/C16H16O7/c17-11-4-1-9(2-5-11)3-6-14(20)23-15-12(18)7-10(16(21)22)8-13(15)19/h1-7,12-13,15,17-19H,8H2,(H,21,22)/b6-3+/t12-,13-,15-/m1/s1. The molecule has 23 heavy (non-hydrogen) atoms. The smallest absolute Gasteiger partial charge is 0.331 e. The van der Waals surface area contributed by atoms with Gasteiger partial charge in [0.15, 0.2) is 6.10 Å². The number of hydrogen-bond acceptors (Lipinski definition) is 6. The van der Waals surface area contributed by atoms with Crippen LogP contribution in [0.3, 0.4) is 0 Å². The lowest BCUT2D eigenvalue weighted by Gasteiger charge is -2.29. The van der Waals surface area contributed by atoms with E-state index in [9.17, 15) is 19.8 Å². The molecule has 2 rings (SSSR count). The summed E-state index contributed by atoms with van der Waals surface area (Å²) in [4.78, 5) is 22.6. The molecule has 0 saturated heterocycles. The Hall–Kier alpha value is -2.64. The minimum atomic E-state index is -1.39. The molecule has 1 aromatic carbocycles. The fraction of sp³-hybridized carbons (Fsp3) is 0.250. The molecule has 0 saturated carbocycles. The molecule has 1 aromatic rings. The largest absolute Gasteiger partial charge is 0.508 e. The Morgan fingerprint density at radius 1 is 1.17 bits per heavy atom. The number of aliphatic hydroxyl groups excluding tert-OH is 2. The predicted molar refractivity (Wildman–Crippen MR) is 79.4 cm³/mol. The monoisotopic (exact) mass is 320 g/mol. The average molecular weight is 320 g/mol. The maximum absolute atomic E-state index is 11.7. The summed E-state index contributed by atoms with van der Waals surface area (Å²) in [6.45, 7) is 0. The molecule has 0 heterocycles. The zero-order chi connectivity index (χ0) is 17.0. The van der Waals surface area contributed by atoms with Gasteiger partial charge >= 0.3 is 11.9 Å². The molecule has 0 amide bonds. The minimum absolute atomic E-state index is 0.0965. The number of carboxylic acids is 1. The highest BCUT2D eigenvalue weighted by atomic mass is 16.6. The van der Waals surface area contributed by atoms with Crippen LogP contribution < -0.4 is 0 Å². The van der Waals surface area contributed by atoms with E-state index < -0.39 is 30.3 Å². The van der Waals surface area contributed by atoms with Crippen LogP contribution in [0.1, 0.15) is 12.0 Å². The number of rotatable bonds is 4. The molecule has 0 spiro atoms. The van der Waals surface area contributed by atoms with E-state index in [1.54, 1.807) is 12.1 Å². The Morgan fingerprint density at radius 2 is 1.83 bits per heavy atom. The van der Waals surface area contributed by atoms with Gasteiger partial charge in [-0.15, -0.1) is 0 Å². The number of benzene rings is 1. The lowest BCUT2D eigenvalue weighted by atomic mass is 9.92. The lowest BCUT2D eigenvalue weighted by Crippen LogP contribution is -2.44. The number of hydrogen-bond donors (Lipinski definition) is 4. The number of phenols is 1. The van der Waals surface area contributed by atoms with Gasteiger partial charge in [-0.2, -0.15) is 0 Å². The van der Waals surface area contributed by atoms with Gasteiger partial charge in [0.25, 0.3) is 0 Å². The number of aromatic hydroxyl groups is 1. The molecule has 1 aliphatic carbocycles. The molecule has 0 bridgehead atoms. The lowest BCUT2D eigenvalue weighted by molar-refractivity contribution is -0.157. The van der Waals surface area contributed by atoms with Crippen molar-refractivity contribution in [3.8, 4) is 5.75 Å². The highest BCUT2D eigenvalue weighted by Gasteiger charge is 2.35. The maximum Gasteiger partial charge on any atom is 0.331 e. The maximum atomic E-state index is 11.7. The highest BCUT2D eigenvalue weighted by Crippen LogP contribution is 2.22. The summed E-state index contributed by atoms with van der Waals surface area (Å²) in [5, 5.41) is 37.6. The van der Waals surface area contributed by atoms with E-state index in [2.05, 4.69) is 0 Å². The third-order valence-corrected chi connectivity index (χ3v) is 3.35. The molecule has 4 N–H and O–H groups in total. The zero-order valence-electron chi connectivity index (χ0n) is 12.0. The number of aliphatic carboxylic acids is 1. The number of aliphatic hydroxyl groups is 2. The molecule has 1 aliphatic rings. The molecule has 0 aliphatic heterocycles. The summed E-state index contributed by atoms with van der Waals surface area (Å²) in [7, 11) is 0. The summed E-state index contributed by atoms with van der Waals surface area (Å²) < 4.78 is 4.98. The van der Waals surface area contributed by atoms with E-state index >= 15 is 0 Å². The normalized spacial score (nSPS) is 24.3. The molecular formula is C16H16O7. The molecule has 3 atom stereocenters. The van der Waals surface area contributed by atoms with Crippen LogP contribution in [0.2, 0.25) is 0 Å². The Morgan fingerprint density at radius 3 is 2.39 bits per heavy atom. The van der Waals surface area contributed by atoms with Crippen LogP contribution in [0.15, 0.2) is 42.0 Å². The van der Waals surface area contributed by atoms with Crippen LogP contribution in [0.4, 0.5) is 0 Å². The van der Waals surface area contributed by atoms with Gasteiger partial charge in [-0.05, 0) is 29.8 Å². The molecule has 0 unspecified atom stereocenters. The van der Waals surface area contributed by atoms with Gasteiger partial charge in [0.05, 0.1) is 6.10 Å². The first-order valence-corrected chi connectivity index (χ1v) is 6.84. The number of esters is 1. The number of carbonyl (C=O) groups excluding carboxylic acids is 1. The van der Waals surface area contributed by atoms with Gasteiger partial charge in [0, 0.05) is 18.1 Å². The molecule has 7 heteroatoms. The van der Waals surface area contributed by atoms with Crippen molar-refractivity contribution >= 4 is 18.0 Å². The fourth-order valence-corrected chi connectivity index (χ4v) is 2.17. The van der Waals surface area contributed by atoms with E-state index in [0.717, 1.165) is 12.2 Å². The van der Waals surface area contributed by atoms with Gasteiger partial charge in [-0.25, -0.2) is 9.59 Å². The first kappa shape index (κ1) is 16.7. The van der Waals surface area contributed by atoms with Crippen LogP contribution in [-0.4, -0.2) is 50.7 Å². The number of carbonyl (C=O) groups is 2. The van der Waals surface area contributed by atoms with E-state index in [1.807, 2.05) is 0 Å². The van der Waals surface area contributed by atoms with Gasteiger partial charge in [0.1, 0.15) is 11.9 Å². The zero-order valence-corrected chi connectivity index (χ0v) is 12.0. The van der Waals surface area contributed by atoms with Gasteiger partial charge in [-0.3, -0.25) is 0 Å². The Balaban J connectivity index is 2.00. The molecule has 0 aromatic heterocycles. The van der Waals surface area contributed by atoms with Gasteiger partial charge in [-0.1, -0.05) is 12.1 Å². The van der Waals surface area contributed by atoms with Crippen molar-refractivity contribution in [3.63, 3.8) is 0 Å². The summed E-state index contributed by atoms with van der Waals surface area (Å²) >= 11 is 0. The molecule has 122 valence electrons. The van der Waals surface area contributed by atoms with Crippen molar-refractivity contribution in [1.29, 1.82) is 0 Å². The first-order valence-electron chi connectivity index (χ1n) is 6.84. The van der Waals surface area contributed by atoms with E-state index in [-0.39, 0.29) is 17.7 Å². The van der Waals surface area contributed by atoms with Crippen molar-refractivity contribution in [2.45, 2.75) is 24.7 Å². The van der Waals surface area contributed by atoms with Crippen LogP contribution >= 0.6 is 0 Å². The molecular weight excluding hydrogens is 304 g/mol. The van der Waals surface area contributed by atoms with Crippen LogP contribution in [0.5, 0.6) is 5.75 Å². The summed E-state index contributed by atoms with van der Waals surface area (Å²) in [6, 6.07) is 6.09. The second kappa shape index (κ2) is 7.08. The summed E-state index contributed by atoms with van der Waals surface area (Å²) in [5.74, 6) is -1.92. The van der Waals surface area contributed by atoms with Crippen molar-refractivity contribution < 1.29 is 34.8 Å². The van der Waals surface area contributed by atoms with Crippen LogP contribution in [-0.2, 0) is 14.3 Å². The van der Waals surface area contributed by atoms with Crippen molar-refractivity contribution in [3.05, 3.63) is 47.6 Å². The number of ether oxygens (including phenoxy) is 1. The van der Waals surface area contributed by atoms with Crippen molar-refractivity contribution in [2.24, 2.45) is 0 Å². The Bertz CT molecular complexity index is 645. The van der Waals surface area contributed by atoms with Crippen LogP contribution in [0.25, 0.3) is 6.08 Å². The first-order chi connectivity index (χ1) is 10.9. The Kier molecular flexibility index (Phi) is 5.15. The van der Waals surface area contributed by atoms with E-state index in [4.69, 9.17) is 14.9 Å². The van der Waals surface area contributed by atoms with E-state index in [0.29, 0.717) is 5.56 Å². The highest BCUT2D eigenvalue weighted by molar-refractivity contribution is 5.88. The van der Waals surface area contributed by atoms with Gasteiger partial charge < -0.3 is 25.2 Å². The van der Waals surface area contributed by atoms with Crippen molar-refractivity contribution in [1.82, 2.24) is 0 Å². The molecule has 0 radical (unpaired) electrons. The minimum Gasteiger partial charge on any atom is -0.508 e.